The van der Waals surface area contributed by atoms with Crippen LogP contribution in [0.4, 0.5) is 0 Å². The van der Waals surface area contributed by atoms with Crippen LogP contribution in [-0.4, -0.2) is 55.6 Å². The molecule has 0 aromatic rings. The molecule has 2 atom stereocenters. The summed E-state index contributed by atoms with van der Waals surface area (Å²) in [4.78, 5) is 4.95. The van der Waals surface area contributed by atoms with Crippen molar-refractivity contribution in [2.45, 2.75) is 19.4 Å². The third kappa shape index (κ3) is 3.93. The molecule has 3 heteroatoms. The Kier molecular flexibility index (Phi) is 5.29. The van der Waals surface area contributed by atoms with Gasteiger partial charge in [-0.3, -0.25) is 4.90 Å². The standard InChI is InChI=1S/C12H25N3/c1-4-7-15-9-11(2)8-14(3)10-12(15)5-6-13/h4,11-12H,1,5-10,13H2,2-3H3. The van der Waals surface area contributed by atoms with Crippen molar-refractivity contribution in [2.24, 2.45) is 11.7 Å². The maximum absolute atomic E-state index is 5.68. The monoisotopic (exact) mass is 211 g/mol. The van der Waals surface area contributed by atoms with Crippen LogP contribution in [0.15, 0.2) is 12.7 Å². The van der Waals surface area contributed by atoms with Crippen LogP contribution < -0.4 is 5.73 Å². The van der Waals surface area contributed by atoms with E-state index in [1.807, 2.05) is 6.08 Å². The van der Waals surface area contributed by atoms with E-state index in [1.165, 1.54) is 13.1 Å². The van der Waals surface area contributed by atoms with E-state index in [0.717, 1.165) is 32.0 Å². The van der Waals surface area contributed by atoms with Crippen LogP contribution in [0.1, 0.15) is 13.3 Å². The molecule has 0 saturated carbocycles. The van der Waals surface area contributed by atoms with Crippen molar-refractivity contribution in [3.8, 4) is 0 Å². The molecule has 15 heavy (non-hydrogen) atoms. The van der Waals surface area contributed by atoms with Crippen LogP contribution in [0.2, 0.25) is 0 Å². The quantitative estimate of drug-likeness (QED) is 0.697. The predicted octanol–water partition coefficient (Wildman–Crippen LogP) is 0.773. The van der Waals surface area contributed by atoms with Gasteiger partial charge in [-0.15, -0.1) is 6.58 Å². The topological polar surface area (TPSA) is 32.5 Å². The molecule has 88 valence electrons. The molecule has 0 aromatic carbocycles. The molecule has 1 rings (SSSR count). The number of nitrogens with two attached hydrogens (primary N) is 1. The third-order valence-corrected chi connectivity index (χ3v) is 3.07. The van der Waals surface area contributed by atoms with Gasteiger partial charge in [0, 0.05) is 32.2 Å². The van der Waals surface area contributed by atoms with E-state index in [0.29, 0.717) is 6.04 Å². The van der Waals surface area contributed by atoms with Gasteiger partial charge in [0.25, 0.3) is 0 Å². The van der Waals surface area contributed by atoms with Crippen LogP contribution in [0.5, 0.6) is 0 Å². The van der Waals surface area contributed by atoms with Crippen LogP contribution in [0.25, 0.3) is 0 Å². The minimum absolute atomic E-state index is 0.600. The van der Waals surface area contributed by atoms with Crippen molar-refractivity contribution in [3.05, 3.63) is 12.7 Å². The first-order valence-corrected chi connectivity index (χ1v) is 5.91. The zero-order chi connectivity index (χ0) is 11.3. The Hall–Kier alpha value is -0.380. The van der Waals surface area contributed by atoms with Gasteiger partial charge in [-0.2, -0.15) is 0 Å². The first-order chi connectivity index (χ1) is 7.17. The Morgan fingerprint density at radius 3 is 2.73 bits per heavy atom. The fourth-order valence-corrected chi connectivity index (χ4v) is 2.54. The SMILES string of the molecule is C=CCN1CC(C)CN(C)CC1CCN. The molecular formula is C12H25N3. The number of hydrogen-bond donors (Lipinski definition) is 1. The van der Waals surface area contributed by atoms with Gasteiger partial charge in [0.1, 0.15) is 0 Å². The van der Waals surface area contributed by atoms with Crippen molar-refractivity contribution >= 4 is 0 Å². The molecule has 2 N–H and O–H groups in total. The lowest BCUT2D eigenvalue weighted by atomic mass is 10.1. The van der Waals surface area contributed by atoms with E-state index >= 15 is 0 Å². The Morgan fingerprint density at radius 2 is 2.13 bits per heavy atom. The highest BCUT2D eigenvalue weighted by Crippen LogP contribution is 2.14. The molecule has 1 heterocycles. The van der Waals surface area contributed by atoms with E-state index in [2.05, 4.69) is 30.4 Å². The first-order valence-electron chi connectivity index (χ1n) is 5.91. The van der Waals surface area contributed by atoms with Gasteiger partial charge in [-0.25, -0.2) is 0 Å². The normalized spacial score (nSPS) is 30.1. The lowest BCUT2D eigenvalue weighted by molar-refractivity contribution is 0.193. The Labute approximate surface area is 93.9 Å². The summed E-state index contributed by atoms with van der Waals surface area (Å²) in [5.41, 5.74) is 5.68. The van der Waals surface area contributed by atoms with Crippen LogP contribution >= 0.6 is 0 Å². The summed E-state index contributed by atoms with van der Waals surface area (Å²) in [6.45, 7) is 11.4. The van der Waals surface area contributed by atoms with E-state index in [4.69, 9.17) is 5.73 Å². The van der Waals surface area contributed by atoms with Crippen molar-refractivity contribution < 1.29 is 0 Å². The summed E-state index contributed by atoms with van der Waals surface area (Å²) in [5, 5.41) is 0. The fourth-order valence-electron chi connectivity index (χ4n) is 2.54. The maximum atomic E-state index is 5.68. The maximum Gasteiger partial charge on any atom is 0.0238 e. The summed E-state index contributed by atoms with van der Waals surface area (Å²) < 4.78 is 0. The van der Waals surface area contributed by atoms with Gasteiger partial charge >= 0.3 is 0 Å². The molecule has 0 amide bonds. The molecule has 1 saturated heterocycles. The number of hydrogen-bond acceptors (Lipinski definition) is 3. The summed E-state index contributed by atoms with van der Waals surface area (Å²) in [6, 6.07) is 0.600. The summed E-state index contributed by atoms with van der Waals surface area (Å²) in [7, 11) is 2.21. The number of likely N-dealkylation sites (N-methyl/N-ethyl adjacent to an activating group) is 1. The third-order valence-electron chi connectivity index (χ3n) is 3.07. The predicted molar refractivity (Wildman–Crippen MR) is 65.9 cm³/mol. The molecular weight excluding hydrogens is 186 g/mol. The summed E-state index contributed by atoms with van der Waals surface area (Å²) >= 11 is 0. The smallest absolute Gasteiger partial charge is 0.0238 e. The van der Waals surface area contributed by atoms with Crippen LogP contribution in [0.3, 0.4) is 0 Å². The van der Waals surface area contributed by atoms with E-state index in [9.17, 15) is 0 Å². The molecule has 0 spiro atoms. The van der Waals surface area contributed by atoms with Gasteiger partial charge in [-0.1, -0.05) is 13.0 Å². The van der Waals surface area contributed by atoms with E-state index in [-0.39, 0.29) is 0 Å². The van der Waals surface area contributed by atoms with Crippen molar-refractivity contribution in [3.63, 3.8) is 0 Å². The summed E-state index contributed by atoms with van der Waals surface area (Å²) in [6.07, 6.45) is 3.09. The molecule has 0 radical (unpaired) electrons. The van der Waals surface area contributed by atoms with Crippen molar-refractivity contribution in [1.29, 1.82) is 0 Å². The lowest BCUT2D eigenvalue weighted by Crippen LogP contribution is -2.41. The largest absolute Gasteiger partial charge is 0.330 e. The zero-order valence-corrected chi connectivity index (χ0v) is 10.2. The zero-order valence-electron chi connectivity index (χ0n) is 10.2. The molecule has 0 bridgehead atoms. The highest BCUT2D eigenvalue weighted by Gasteiger charge is 2.24. The van der Waals surface area contributed by atoms with Crippen LogP contribution in [-0.2, 0) is 0 Å². The van der Waals surface area contributed by atoms with Gasteiger partial charge in [-0.05, 0) is 25.9 Å². The highest BCUT2D eigenvalue weighted by molar-refractivity contribution is 4.85. The van der Waals surface area contributed by atoms with Gasteiger partial charge in [0.05, 0.1) is 0 Å². The minimum atomic E-state index is 0.600. The van der Waals surface area contributed by atoms with E-state index < -0.39 is 0 Å². The van der Waals surface area contributed by atoms with Gasteiger partial charge < -0.3 is 10.6 Å². The number of rotatable bonds is 4. The van der Waals surface area contributed by atoms with Gasteiger partial charge in [0.2, 0.25) is 0 Å². The summed E-state index contributed by atoms with van der Waals surface area (Å²) in [5.74, 6) is 0.734. The average Bonchev–Trinajstić information content (AvgIpc) is 2.27. The average molecular weight is 211 g/mol. The number of nitrogens with zero attached hydrogens (tertiary/aromatic N) is 2. The Bertz CT molecular complexity index is 193. The molecule has 0 aromatic heterocycles. The molecule has 3 nitrogen and oxygen atoms in total. The highest BCUT2D eigenvalue weighted by atomic mass is 15.2. The Balaban J connectivity index is 2.63. The van der Waals surface area contributed by atoms with Crippen molar-refractivity contribution in [2.75, 3.05) is 39.8 Å². The molecule has 1 fully saturated rings. The molecule has 1 aliphatic heterocycles. The second-order valence-electron chi connectivity index (χ2n) is 4.80. The van der Waals surface area contributed by atoms with Crippen LogP contribution in [0, 0.1) is 5.92 Å². The van der Waals surface area contributed by atoms with Gasteiger partial charge in [0.15, 0.2) is 0 Å². The first kappa shape index (κ1) is 12.7. The second kappa shape index (κ2) is 6.26. The molecule has 1 aliphatic rings. The Morgan fingerprint density at radius 1 is 1.40 bits per heavy atom. The molecule has 2 unspecified atom stereocenters. The fraction of sp³-hybridized carbons (Fsp3) is 0.833. The second-order valence-corrected chi connectivity index (χ2v) is 4.80. The van der Waals surface area contributed by atoms with E-state index in [1.54, 1.807) is 0 Å². The van der Waals surface area contributed by atoms with Crippen molar-refractivity contribution in [1.82, 2.24) is 9.80 Å². The molecule has 0 aliphatic carbocycles. The minimum Gasteiger partial charge on any atom is -0.330 e. The lowest BCUT2D eigenvalue weighted by Gasteiger charge is -2.30.